The third kappa shape index (κ3) is 8.52. The van der Waals surface area contributed by atoms with Gasteiger partial charge in [-0.05, 0) is 48.8 Å². The van der Waals surface area contributed by atoms with E-state index in [0.717, 1.165) is 37.1 Å². The van der Waals surface area contributed by atoms with Crippen LogP contribution in [0.4, 0.5) is 10.5 Å². The van der Waals surface area contributed by atoms with E-state index in [1.165, 1.54) is 0 Å². The first-order valence-corrected chi connectivity index (χ1v) is 9.58. The lowest BCUT2D eigenvalue weighted by Gasteiger charge is -2.32. The SMILES string of the molecule is CC(C)CNC(=O)N1CCCC(CC(=O)NCCc2ccc(N)cc2)C1.Cl. The van der Waals surface area contributed by atoms with Crippen LogP contribution in [0.1, 0.15) is 38.7 Å². The second-order valence-electron chi connectivity index (χ2n) is 7.58. The van der Waals surface area contributed by atoms with Crippen molar-refractivity contribution in [1.29, 1.82) is 0 Å². The number of carbonyl (C=O) groups excluding carboxylic acids is 2. The number of hydrogen-bond donors (Lipinski definition) is 3. The number of nitrogens with zero attached hydrogens (tertiary/aromatic N) is 1. The molecule has 1 aliphatic heterocycles. The first-order valence-electron chi connectivity index (χ1n) is 9.58. The molecule has 1 unspecified atom stereocenters. The topological polar surface area (TPSA) is 87.5 Å². The predicted octanol–water partition coefficient (Wildman–Crippen LogP) is 2.82. The van der Waals surface area contributed by atoms with Crippen LogP contribution >= 0.6 is 12.4 Å². The van der Waals surface area contributed by atoms with E-state index in [-0.39, 0.29) is 30.3 Å². The molecule has 3 amide bonds. The number of nitrogen functional groups attached to an aromatic ring is 1. The Morgan fingerprint density at radius 2 is 1.93 bits per heavy atom. The van der Waals surface area contributed by atoms with Gasteiger partial charge in [0.25, 0.3) is 0 Å². The monoisotopic (exact) mass is 396 g/mol. The van der Waals surface area contributed by atoms with Crippen molar-refractivity contribution < 1.29 is 9.59 Å². The van der Waals surface area contributed by atoms with Crippen LogP contribution in [0.5, 0.6) is 0 Å². The molecule has 0 radical (unpaired) electrons. The Morgan fingerprint density at radius 1 is 1.22 bits per heavy atom. The Bertz CT molecular complexity index is 592. The molecular weight excluding hydrogens is 364 g/mol. The van der Waals surface area contributed by atoms with Crippen LogP contribution in [0.3, 0.4) is 0 Å². The summed E-state index contributed by atoms with van der Waals surface area (Å²) in [4.78, 5) is 26.2. The summed E-state index contributed by atoms with van der Waals surface area (Å²) < 4.78 is 0. The normalized spacial score (nSPS) is 16.6. The number of nitrogens with one attached hydrogen (secondary N) is 2. The molecular formula is C20H33ClN4O2. The number of rotatable bonds is 7. The lowest BCUT2D eigenvalue weighted by atomic mass is 9.94. The quantitative estimate of drug-likeness (QED) is 0.619. The Morgan fingerprint density at radius 3 is 2.59 bits per heavy atom. The molecule has 1 heterocycles. The number of urea groups is 1. The predicted molar refractivity (Wildman–Crippen MR) is 112 cm³/mol. The summed E-state index contributed by atoms with van der Waals surface area (Å²) in [5.41, 5.74) is 7.58. The van der Waals surface area contributed by atoms with Crippen molar-refractivity contribution in [3.05, 3.63) is 29.8 Å². The number of anilines is 1. The van der Waals surface area contributed by atoms with Crippen molar-refractivity contribution in [2.75, 3.05) is 31.9 Å². The molecule has 0 aromatic heterocycles. The average Bonchev–Trinajstić information content (AvgIpc) is 2.61. The van der Waals surface area contributed by atoms with Crippen LogP contribution in [0.25, 0.3) is 0 Å². The van der Waals surface area contributed by atoms with Crippen LogP contribution in [-0.4, -0.2) is 43.0 Å². The molecule has 27 heavy (non-hydrogen) atoms. The summed E-state index contributed by atoms with van der Waals surface area (Å²) in [6.07, 6.45) is 3.23. The summed E-state index contributed by atoms with van der Waals surface area (Å²) in [5.74, 6) is 0.742. The van der Waals surface area contributed by atoms with Crippen LogP contribution < -0.4 is 16.4 Å². The summed E-state index contributed by atoms with van der Waals surface area (Å²) in [7, 11) is 0. The van der Waals surface area contributed by atoms with Gasteiger partial charge in [-0.3, -0.25) is 4.79 Å². The maximum absolute atomic E-state index is 12.2. The van der Waals surface area contributed by atoms with Gasteiger partial charge in [0.15, 0.2) is 0 Å². The average molecular weight is 397 g/mol. The first-order chi connectivity index (χ1) is 12.4. The van der Waals surface area contributed by atoms with Gasteiger partial charge >= 0.3 is 6.03 Å². The zero-order valence-corrected chi connectivity index (χ0v) is 17.2. The highest BCUT2D eigenvalue weighted by atomic mass is 35.5. The molecule has 2 rings (SSSR count). The molecule has 1 aromatic carbocycles. The first kappa shape index (κ1) is 23.1. The molecule has 1 aliphatic rings. The number of amides is 3. The third-order valence-electron chi connectivity index (χ3n) is 4.66. The van der Waals surface area contributed by atoms with Gasteiger partial charge in [-0.1, -0.05) is 26.0 Å². The van der Waals surface area contributed by atoms with E-state index < -0.39 is 0 Å². The van der Waals surface area contributed by atoms with Gasteiger partial charge < -0.3 is 21.3 Å². The second-order valence-corrected chi connectivity index (χ2v) is 7.58. The molecule has 7 heteroatoms. The Labute approximate surface area is 168 Å². The van der Waals surface area contributed by atoms with E-state index in [2.05, 4.69) is 24.5 Å². The van der Waals surface area contributed by atoms with Crippen molar-refractivity contribution in [3.63, 3.8) is 0 Å². The number of carbonyl (C=O) groups is 2. The molecule has 0 saturated carbocycles. The second kappa shape index (κ2) is 11.7. The Kier molecular flexibility index (Phi) is 10.0. The van der Waals surface area contributed by atoms with Crippen LogP contribution in [-0.2, 0) is 11.2 Å². The van der Waals surface area contributed by atoms with Gasteiger partial charge in [0.1, 0.15) is 0 Å². The zero-order valence-electron chi connectivity index (χ0n) is 16.4. The van der Waals surface area contributed by atoms with E-state index in [1.54, 1.807) is 0 Å². The fourth-order valence-corrected chi connectivity index (χ4v) is 3.18. The fourth-order valence-electron chi connectivity index (χ4n) is 3.18. The summed E-state index contributed by atoms with van der Waals surface area (Å²) in [5, 5.41) is 5.95. The van der Waals surface area contributed by atoms with Crippen molar-refractivity contribution in [3.8, 4) is 0 Å². The highest BCUT2D eigenvalue weighted by molar-refractivity contribution is 5.85. The highest BCUT2D eigenvalue weighted by Crippen LogP contribution is 2.19. The van der Waals surface area contributed by atoms with Gasteiger partial charge in [0.05, 0.1) is 0 Å². The van der Waals surface area contributed by atoms with E-state index in [1.807, 2.05) is 29.2 Å². The fraction of sp³-hybridized carbons (Fsp3) is 0.600. The van der Waals surface area contributed by atoms with E-state index in [0.29, 0.717) is 32.0 Å². The highest BCUT2D eigenvalue weighted by Gasteiger charge is 2.25. The summed E-state index contributed by atoms with van der Waals surface area (Å²) >= 11 is 0. The standard InChI is InChI=1S/C20H32N4O2.ClH/c1-15(2)13-23-20(26)24-11-3-4-17(14-24)12-19(25)22-10-9-16-5-7-18(21)8-6-16;/h5-8,15,17H,3-4,9-14,21H2,1-2H3,(H,22,25)(H,23,26);1H. The van der Waals surface area contributed by atoms with E-state index in [4.69, 9.17) is 5.73 Å². The lowest BCUT2D eigenvalue weighted by Crippen LogP contribution is -2.47. The molecule has 0 bridgehead atoms. The third-order valence-corrected chi connectivity index (χ3v) is 4.66. The lowest BCUT2D eigenvalue weighted by molar-refractivity contribution is -0.122. The molecule has 0 aliphatic carbocycles. The maximum Gasteiger partial charge on any atom is 0.317 e. The Hall–Kier alpha value is -1.95. The van der Waals surface area contributed by atoms with Crippen LogP contribution in [0.2, 0.25) is 0 Å². The number of piperidine rings is 1. The van der Waals surface area contributed by atoms with Crippen LogP contribution in [0, 0.1) is 11.8 Å². The van der Waals surface area contributed by atoms with Gasteiger partial charge in [0.2, 0.25) is 5.91 Å². The van der Waals surface area contributed by atoms with Gasteiger partial charge in [0, 0.05) is 38.3 Å². The maximum atomic E-state index is 12.2. The van der Waals surface area contributed by atoms with Gasteiger partial charge in [-0.15, -0.1) is 12.4 Å². The number of benzene rings is 1. The molecule has 6 nitrogen and oxygen atoms in total. The summed E-state index contributed by atoms with van der Waals surface area (Å²) in [6, 6.07) is 7.70. The minimum absolute atomic E-state index is 0. The smallest absolute Gasteiger partial charge is 0.317 e. The van der Waals surface area contributed by atoms with Crippen molar-refractivity contribution in [2.45, 2.75) is 39.5 Å². The molecule has 152 valence electrons. The Balaban J connectivity index is 0.00000364. The molecule has 1 aromatic rings. The summed E-state index contributed by atoms with van der Waals surface area (Å²) in [6.45, 7) is 6.90. The van der Waals surface area contributed by atoms with E-state index in [9.17, 15) is 9.59 Å². The van der Waals surface area contributed by atoms with Crippen molar-refractivity contribution >= 4 is 30.0 Å². The number of nitrogens with two attached hydrogens (primary N) is 1. The molecule has 4 N–H and O–H groups in total. The van der Waals surface area contributed by atoms with Gasteiger partial charge in [-0.25, -0.2) is 4.79 Å². The largest absolute Gasteiger partial charge is 0.399 e. The zero-order chi connectivity index (χ0) is 18.9. The minimum atomic E-state index is -0.00726. The molecule has 1 saturated heterocycles. The van der Waals surface area contributed by atoms with E-state index >= 15 is 0 Å². The van der Waals surface area contributed by atoms with Gasteiger partial charge in [-0.2, -0.15) is 0 Å². The number of hydrogen-bond acceptors (Lipinski definition) is 3. The van der Waals surface area contributed by atoms with Crippen LogP contribution in [0.15, 0.2) is 24.3 Å². The van der Waals surface area contributed by atoms with Crippen molar-refractivity contribution in [2.24, 2.45) is 11.8 Å². The van der Waals surface area contributed by atoms with Crippen molar-refractivity contribution in [1.82, 2.24) is 15.5 Å². The number of halogens is 1. The number of likely N-dealkylation sites (tertiary alicyclic amines) is 1. The molecule has 1 atom stereocenters. The molecule has 0 spiro atoms. The minimum Gasteiger partial charge on any atom is -0.399 e. The molecule has 1 fully saturated rings.